The summed E-state index contributed by atoms with van der Waals surface area (Å²) in [5.74, 6) is -0.957. The number of thiocarbonyl (C=S) groups is 1. The lowest BCUT2D eigenvalue weighted by atomic mass is 10.1. The van der Waals surface area contributed by atoms with Crippen LogP contribution in [0.15, 0.2) is 42.5 Å². The van der Waals surface area contributed by atoms with E-state index in [2.05, 4.69) is 10.6 Å². The number of rotatable bonds is 4. The highest BCUT2D eigenvalue weighted by molar-refractivity contribution is 7.80. The van der Waals surface area contributed by atoms with Crippen LogP contribution < -0.4 is 15.4 Å². The maximum atomic E-state index is 12.3. The first-order valence-corrected chi connectivity index (χ1v) is 7.42. The molecule has 2 aromatic rings. The molecule has 0 aromatic heterocycles. The first-order valence-electron chi connectivity index (χ1n) is 7.01. The van der Waals surface area contributed by atoms with Gasteiger partial charge in [0, 0.05) is 5.69 Å². The van der Waals surface area contributed by atoms with Crippen molar-refractivity contribution in [1.82, 2.24) is 5.32 Å². The van der Waals surface area contributed by atoms with E-state index in [9.17, 15) is 9.59 Å². The minimum absolute atomic E-state index is 0.108. The Balaban J connectivity index is 2.08. The number of methoxy groups -OCH3 is 1. The van der Waals surface area contributed by atoms with Gasteiger partial charge in [0.25, 0.3) is 5.91 Å². The molecule has 24 heavy (non-hydrogen) atoms. The van der Waals surface area contributed by atoms with Crippen LogP contribution in [0.5, 0.6) is 5.75 Å². The second kappa shape index (κ2) is 7.56. The maximum Gasteiger partial charge on any atom is 0.335 e. The molecular weight excluding hydrogens is 328 g/mol. The molecule has 0 saturated heterocycles. The molecule has 0 radical (unpaired) electrons. The number of benzene rings is 2. The summed E-state index contributed by atoms with van der Waals surface area (Å²) >= 11 is 5.14. The van der Waals surface area contributed by atoms with Crippen LogP contribution in [0.3, 0.4) is 0 Å². The van der Waals surface area contributed by atoms with Gasteiger partial charge in [-0.2, -0.15) is 0 Å². The molecule has 0 aliphatic heterocycles. The van der Waals surface area contributed by atoms with Gasteiger partial charge in [0.2, 0.25) is 0 Å². The van der Waals surface area contributed by atoms with Crippen molar-refractivity contribution in [3.8, 4) is 5.75 Å². The van der Waals surface area contributed by atoms with Crippen LogP contribution in [-0.4, -0.2) is 29.2 Å². The van der Waals surface area contributed by atoms with Crippen LogP contribution >= 0.6 is 12.2 Å². The van der Waals surface area contributed by atoms with Crippen LogP contribution in [-0.2, 0) is 0 Å². The van der Waals surface area contributed by atoms with Crippen molar-refractivity contribution in [2.75, 3.05) is 12.4 Å². The van der Waals surface area contributed by atoms with Gasteiger partial charge in [-0.05, 0) is 55.0 Å². The van der Waals surface area contributed by atoms with Crippen molar-refractivity contribution in [1.29, 1.82) is 0 Å². The van der Waals surface area contributed by atoms with E-state index in [-0.39, 0.29) is 10.7 Å². The minimum atomic E-state index is -1.00. The number of amides is 1. The molecule has 2 rings (SSSR count). The molecule has 0 heterocycles. The quantitative estimate of drug-likeness (QED) is 0.739. The van der Waals surface area contributed by atoms with Gasteiger partial charge in [0.15, 0.2) is 5.11 Å². The number of para-hydroxylation sites is 1. The fraction of sp³-hybridized carbons (Fsp3) is 0.118. The van der Waals surface area contributed by atoms with Crippen molar-refractivity contribution in [2.24, 2.45) is 0 Å². The summed E-state index contributed by atoms with van der Waals surface area (Å²) in [5, 5.41) is 14.5. The zero-order valence-corrected chi connectivity index (χ0v) is 13.9. The molecule has 0 atom stereocenters. The summed E-state index contributed by atoms with van der Waals surface area (Å²) in [5.41, 5.74) is 1.86. The largest absolute Gasteiger partial charge is 0.496 e. The Morgan fingerprint density at radius 2 is 1.88 bits per heavy atom. The predicted octanol–water partition coefficient (Wildman–Crippen LogP) is 2.83. The molecule has 2 aromatic carbocycles. The first kappa shape index (κ1) is 17.4. The standard InChI is InChI=1S/C17H16N2O4S/c1-10-9-11(16(21)22)7-8-13(10)18-17(24)19-15(20)12-5-3-4-6-14(12)23-2/h3-9H,1-2H3,(H,21,22)(H2,18,19,20,24). The van der Waals surface area contributed by atoms with E-state index in [1.54, 1.807) is 37.3 Å². The topological polar surface area (TPSA) is 87.7 Å². The number of aromatic carboxylic acids is 1. The second-order valence-electron chi connectivity index (χ2n) is 4.94. The molecule has 0 saturated carbocycles. The number of carbonyl (C=O) groups excluding carboxylic acids is 1. The highest BCUT2D eigenvalue weighted by Gasteiger charge is 2.13. The molecule has 0 aliphatic carbocycles. The minimum Gasteiger partial charge on any atom is -0.496 e. The average Bonchev–Trinajstić information content (AvgIpc) is 2.56. The molecule has 0 spiro atoms. The van der Waals surface area contributed by atoms with Crippen molar-refractivity contribution < 1.29 is 19.4 Å². The van der Waals surface area contributed by atoms with E-state index >= 15 is 0 Å². The number of carboxylic acids is 1. The van der Waals surface area contributed by atoms with E-state index in [1.807, 2.05) is 0 Å². The van der Waals surface area contributed by atoms with Gasteiger partial charge in [0.05, 0.1) is 18.2 Å². The van der Waals surface area contributed by atoms with Crippen molar-refractivity contribution in [2.45, 2.75) is 6.92 Å². The molecule has 0 aliphatic rings. The van der Waals surface area contributed by atoms with Crippen LogP contribution in [0, 0.1) is 6.92 Å². The Bertz CT molecular complexity index is 805. The van der Waals surface area contributed by atoms with Gasteiger partial charge >= 0.3 is 5.97 Å². The number of ether oxygens (including phenoxy) is 1. The highest BCUT2D eigenvalue weighted by atomic mass is 32.1. The van der Waals surface area contributed by atoms with Gasteiger partial charge in [-0.3, -0.25) is 10.1 Å². The monoisotopic (exact) mass is 344 g/mol. The SMILES string of the molecule is COc1ccccc1C(=O)NC(=S)Nc1ccc(C(=O)O)cc1C. The van der Waals surface area contributed by atoms with E-state index in [4.69, 9.17) is 22.1 Å². The van der Waals surface area contributed by atoms with E-state index in [1.165, 1.54) is 19.2 Å². The highest BCUT2D eigenvalue weighted by Crippen LogP contribution is 2.18. The van der Waals surface area contributed by atoms with Gasteiger partial charge in [-0.1, -0.05) is 12.1 Å². The third kappa shape index (κ3) is 4.08. The number of hydrogen-bond acceptors (Lipinski definition) is 4. The number of aryl methyl sites for hydroxylation is 1. The second-order valence-corrected chi connectivity index (χ2v) is 5.35. The van der Waals surface area contributed by atoms with Gasteiger partial charge < -0.3 is 15.2 Å². The molecule has 0 fully saturated rings. The lowest BCUT2D eigenvalue weighted by Crippen LogP contribution is -2.34. The normalized spacial score (nSPS) is 9.92. The van der Waals surface area contributed by atoms with Gasteiger partial charge in [-0.15, -0.1) is 0 Å². The molecule has 1 amide bonds. The summed E-state index contributed by atoms with van der Waals surface area (Å²) in [6.45, 7) is 1.75. The zero-order chi connectivity index (χ0) is 17.7. The number of carbonyl (C=O) groups is 2. The predicted molar refractivity (Wildman–Crippen MR) is 94.8 cm³/mol. The third-order valence-corrected chi connectivity index (χ3v) is 3.50. The van der Waals surface area contributed by atoms with Crippen LogP contribution in [0.4, 0.5) is 5.69 Å². The van der Waals surface area contributed by atoms with Gasteiger partial charge in [0.1, 0.15) is 5.75 Å². The molecule has 3 N–H and O–H groups in total. The number of carboxylic acid groups (broad SMARTS) is 1. The van der Waals surface area contributed by atoms with E-state index < -0.39 is 11.9 Å². The lowest BCUT2D eigenvalue weighted by Gasteiger charge is -2.13. The van der Waals surface area contributed by atoms with Gasteiger partial charge in [-0.25, -0.2) is 4.79 Å². The number of hydrogen-bond donors (Lipinski definition) is 3. The van der Waals surface area contributed by atoms with Crippen LogP contribution in [0.2, 0.25) is 0 Å². The summed E-state index contributed by atoms with van der Waals surface area (Å²) in [4.78, 5) is 23.2. The molecule has 7 heteroatoms. The van der Waals surface area contributed by atoms with Crippen LogP contribution in [0.25, 0.3) is 0 Å². The molecule has 0 bridgehead atoms. The third-order valence-electron chi connectivity index (χ3n) is 3.30. The molecule has 0 unspecified atom stereocenters. The molecular formula is C17H16N2O4S. The van der Waals surface area contributed by atoms with Crippen LogP contribution in [0.1, 0.15) is 26.3 Å². The number of nitrogens with one attached hydrogen (secondary N) is 2. The summed E-state index contributed by atoms with van der Waals surface area (Å²) in [6, 6.07) is 11.4. The molecule has 6 nitrogen and oxygen atoms in total. The Kier molecular flexibility index (Phi) is 5.49. The van der Waals surface area contributed by atoms with E-state index in [0.29, 0.717) is 22.6 Å². The fourth-order valence-corrected chi connectivity index (χ4v) is 2.30. The lowest BCUT2D eigenvalue weighted by molar-refractivity contribution is 0.0696. The Morgan fingerprint density at radius 3 is 2.50 bits per heavy atom. The Hall–Kier alpha value is -2.93. The van der Waals surface area contributed by atoms with Crippen molar-refractivity contribution in [3.05, 3.63) is 59.2 Å². The summed E-state index contributed by atoms with van der Waals surface area (Å²) in [6.07, 6.45) is 0. The Morgan fingerprint density at radius 1 is 1.17 bits per heavy atom. The smallest absolute Gasteiger partial charge is 0.335 e. The number of anilines is 1. The average molecular weight is 344 g/mol. The zero-order valence-electron chi connectivity index (χ0n) is 13.1. The summed E-state index contributed by atoms with van der Waals surface area (Å²) in [7, 11) is 1.48. The first-order chi connectivity index (χ1) is 11.4. The summed E-state index contributed by atoms with van der Waals surface area (Å²) < 4.78 is 5.14. The van der Waals surface area contributed by atoms with E-state index in [0.717, 1.165) is 0 Å². The fourth-order valence-electron chi connectivity index (χ4n) is 2.09. The molecule has 124 valence electrons. The maximum absolute atomic E-state index is 12.3. The van der Waals surface area contributed by atoms with Crippen molar-refractivity contribution >= 4 is 34.9 Å². The van der Waals surface area contributed by atoms with Crippen molar-refractivity contribution in [3.63, 3.8) is 0 Å². The Labute approximate surface area is 144 Å².